The van der Waals surface area contributed by atoms with Crippen LogP contribution in [0.5, 0.6) is 0 Å². The zero-order valence-electron chi connectivity index (χ0n) is 20.7. The summed E-state index contributed by atoms with van der Waals surface area (Å²) in [6.07, 6.45) is 11.6. The summed E-state index contributed by atoms with van der Waals surface area (Å²) in [5.74, 6) is 0.568. The quantitative estimate of drug-likeness (QED) is 0.568. The molecule has 7 nitrogen and oxygen atoms in total. The van der Waals surface area contributed by atoms with Crippen LogP contribution in [0, 0.1) is 11.8 Å². The number of aliphatic hydroxyl groups excluding tert-OH is 1. The summed E-state index contributed by atoms with van der Waals surface area (Å²) in [7, 11) is 0. The fourth-order valence-corrected chi connectivity index (χ4v) is 5.24. The van der Waals surface area contributed by atoms with Gasteiger partial charge < -0.3 is 24.8 Å². The van der Waals surface area contributed by atoms with Gasteiger partial charge in [-0.25, -0.2) is 0 Å². The van der Waals surface area contributed by atoms with Crippen molar-refractivity contribution in [3.63, 3.8) is 0 Å². The second-order valence-electron chi connectivity index (χ2n) is 10.1. The van der Waals surface area contributed by atoms with E-state index in [9.17, 15) is 14.7 Å². The van der Waals surface area contributed by atoms with E-state index in [1.165, 1.54) is 12.5 Å². The highest BCUT2D eigenvalue weighted by Gasteiger charge is 2.37. The Bertz CT molecular complexity index is 736. The molecule has 3 aliphatic heterocycles. The lowest BCUT2D eigenvalue weighted by molar-refractivity contribution is -0.139. The van der Waals surface area contributed by atoms with Crippen molar-refractivity contribution < 1.29 is 24.2 Å². The number of hydrogen-bond donors (Lipinski definition) is 2. The molecule has 0 aromatic heterocycles. The maximum atomic E-state index is 12.8. The summed E-state index contributed by atoms with van der Waals surface area (Å²) in [5, 5.41) is 12.5. The van der Waals surface area contributed by atoms with Gasteiger partial charge in [0.25, 0.3) is 0 Å². The van der Waals surface area contributed by atoms with Crippen LogP contribution in [-0.2, 0) is 19.1 Å². The van der Waals surface area contributed by atoms with Gasteiger partial charge in [0, 0.05) is 26.7 Å². The Labute approximate surface area is 198 Å². The first-order valence-corrected chi connectivity index (χ1v) is 12.6. The number of carbonyl (C=O) groups is 2. The van der Waals surface area contributed by atoms with Crippen molar-refractivity contribution in [3.8, 4) is 0 Å². The van der Waals surface area contributed by atoms with Crippen molar-refractivity contribution in [1.82, 2.24) is 10.2 Å². The fourth-order valence-electron chi connectivity index (χ4n) is 5.24. The molecule has 3 unspecified atom stereocenters. The summed E-state index contributed by atoms with van der Waals surface area (Å²) in [4.78, 5) is 26.3. The Morgan fingerprint density at radius 3 is 2.70 bits per heavy atom. The third-order valence-electron chi connectivity index (χ3n) is 7.43. The summed E-state index contributed by atoms with van der Waals surface area (Å²) >= 11 is 0. The largest absolute Gasteiger partial charge is 0.396 e. The number of amides is 2. The van der Waals surface area contributed by atoms with Crippen molar-refractivity contribution >= 4 is 11.8 Å². The number of carbonyl (C=O) groups excluding carboxylic acids is 2. The molecule has 0 aromatic rings. The predicted octanol–water partition coefficient (Wildman–Crippen LogP) is 2.98. The predicted molar refractivity (Wildman–Crippen MR) is 128 cm³/mol. The molecule has 0 aliphatic carbocycles. The molecule has 2 N–H and O–H groups in total. The Kier molecular flexibility index (Phi) is 9.53. The first-order valence-electron chi connectivity index (χ1n) is 12.6. The number of hydrogen-bond acceptors (Lipinski definition) is 5. The van der Waals surface area contributed by atoms with E-state index in [1.807, 2.05) is 6.92 Å². The number of ether oxygens (including phenoxy) is 2. The maximum absolute atomic E-state index is 12.8. The molecule has 0 radical (unpaired) electrons. The molecule has 7 heteroatoms. The van der Waals surface area contributed by atoms with Crippen LogP contribution in [0.2, 0.25) is 0 Å². The van der Waals surface area contributed by atoms with Crippen LogP contribution in [0.4, 0.5) is 0 Å². The molecule has 3 saturated heterocycles. The first-order chi connectivity index (χ1) is 15.8. The van der Waals surface area contributed by atoms with Crippen molar-refractivity contribution in [2.45, 2.75) is 96.6 Å². The molecule has 0 aromatic carbocycles. The van der Waals surface area contributed by atoms with Crippen molar-refractivity contribution in [3.05, 3.63) is 23.8 Å². The van der Waals surface area contributed by atoms with Gasteiger partial charge in [-0.2, -0.15) is 0 Å². The molecule has 0 bridgehead atoms. The molecule has 186 valence electrons. The van der Waals surface area contributed by atoms with E-state index in [1.54, 1.807) is 4.90 Å². The minimum absolute atomic E-state index is 0.0338. The third kappa shape index (κ3) is 7.14. The maximum Gasteiger partial charge on any atom is 0.243 e. The number of nitrogens with one attached hydrogen (secondary N) is 1. The highest BCUT2D eigenvalue weighted by atomic mass is 16.5. The van der Waals surface area contributed by atoms with Crippen LogP contribution in [-0.4, -0.2) is 72.0 Å². The highest BCUT2D eigenvalue weighted by Crippen LogP contribution is 2.29. The van der Waals surface area contributed by atoms with E-state index >= 15 is 0 Å². The van der Waals surface area contributed by atoms with Crippen LogP contribution in [0.3, 0.4) is 0 Å². The highest BCUT2D eigenvalue weighted by molar-refractivity contribution is 5.87. The molecule has 0 spiro atoms. The topological polar surface area (TPSA) is 88.1 Å². The molecular weight excluding hydrogens is 420 g/mol. The summed E-state index contributed by atoms with van der Waals surface area (Å²) < 4.78 is 12.1. The van der Waals surface area contributed by atoms with E-state index in [0.717, 1.165) is 38.5 Å². The van der Waals surface area contributed by atoms with Crippen LogP contribution >= 0.6 is 0 Å². The molecule has 2 amide bonds. The zero-order valence-corrected chi connectivity index (χ0v) is 20.7. The van der Waals surface area contributed by atoms with Gasteiger partial charge in [0.1, 0.15) is 6.04 Å². The Balaban J connectivity index is 1.47. The average molecular weight is 463 g/mol. The fraction of sp³-hybridized carbons (Fsp3) is 0.769. The number of aliphatic hydroxyl groups is 1. The zero-order chi connectivity index (χ0) is 24.0. The molecule has 7 atom stereocenters. The summed E-state index contributed by atoms with van der Waals surface area (Å²) in [6.45, 7) is 9.42. The number of likely N-dealkylation sites (tertiary alicyclic amines) is 1. The van der Waals surface area contributed by atoms with Gasteiger partial charge in [-0.15, -0.1) is 0 Å². The van der Waals surface area contributed by atoms with Gasteiger partial charge in [-0.1, -0.05) is 30.7 Å². The number of allylic oxidation sites excluding steroid dienone is 2. The molecular formula is C26H42N2O5. The molecule has 3 fully saturated rings. The number of rotatable bonds is 7. The molecule has 33 heavy (non-hydrogen) atoms. The second kappa shape index (κ2) is 12.1. The molecule has 3 aliphatic rings. The Morgan fingerprint density at radius 1 is 1.18 bits per heavy atom. The third-order valence-corrected chi connectivity index (χ3v) is 7.43. The van der Waals surface area contributed by atoms with Crippen molar-refractivity contribution in [2.24, 2.45) is 11.8 Å². The summed E-state index contributed by atoms with van der Waals surface area (Å²) in [5.41, 5.74) is 1.18. The minimum Gasteiger partial charge on any atom is -0.396 e. The average Bonchev–Trinajstić information content (AvgIpc) is 3.29. The lowest BCUT2D eigenvalue weighted by atomic mass is 9.88. The van der Waals surface area contributed by atoms with E-state index < -0.39 is 0 Å². The lowest BCUT2D eigenvalue weighted by Crippen LogP contribution is -2.55. The van der Waals surface area contributed by atoms with Crippen LogP contribution in [0.15, 0.2) is 23.8 Å². The van der Waals surface area contributed by atoms with E-state index in [0.29, 0.717) is 25.0 Å². The van der Waals surface area contributed by atoms with Crippen molar-refractivity contribution in [2.75, 3.05) is 19.8 Å². The van der Waals surface area contributed by atoms with Gasteiger partial charge in [0.2, 0.25) is 11.8 Å². The Hall–Kier alpha value is -1.70. The standard InChI is InChI=1S/C26H42N2O5/c1-17(7-9-22-15-21(16-29)11-13-32-22)8-10-25-18(2)14-23(19(3)33-25)27-26(31)24-6-5-12-28(24)20(4)30/h7-9,18-19,21-25,29H,5-6,10-16H2,1-4H3,(H,27,31)/b9-7+,17-8+/t18-,19+,21?,22?,23+,24?,25-/m0/s1. The molecule has 0 saturated carbocycles. The molecule has 3 rings (SSSR count). The van der Waals surface area contributed by atoms with Gasteiger partial charge in [0.15, 0.2) is 0 Å². The monoisotopic (exact) mass is 462 g/mol. The van der Waals surface area contributed by atoms with Crippen LogP contribution in [0.1, 0.15) is 66.2 Å². The molecule has 3 heterocycles. The normalized spacial score (nSPS) is 35.7. The Morgan fingerprint density at radius 2 is 1.97 bits per heavy atom. The summed E-state index contributed by atoms with van der Waals surface area (Å²) in [6, 6.07) is -0.382. The van der Waals surface area contributed by atoms with E-state index in [-0.39, 0.29) is 48.8 Å². The van der Waals surface area contributed by atoms with Gasteiger partial charge in [0.05, 0.1) is 24.4 Å². The second-order valence-corrected chi connectivity index (χ2v) is 10.1. The van der Waals surface area contributed by atoms with Gasteiger partial charge in [-0.3, -0.25) is 9.59 Å². The van der Waals surface area contributed by atoms with E-state index in [2.05, 4.69) is 37.4 Å². The SMILES string of the molecule is CC(=O)N1CCCC1C(=O)N[C@@H]1C[C@H](C)[C@H](C/C=C(C)/C=C/C2CC(CO)CCO2)O[C@@H]1C. The van der Waals surface area contributed by atoms with Crippen molar-refractivity contribution in [1.29, 1.82) is 0 Å². The minimum atomic E-state index is -0.346. The van der Waals surface area contributed by atoms with Gasteiger partial charge in [-0.05, 0) is 64.2 Å². The smallest absolute Gasteiger partial charge is 0.243 e. The van der Waals surface area contributed by atoms with Crippen LogP contribution < -0.4 is 5.32 Å². The van der Waals surface area contributed by atoms with E-state index in [4.69, 9.17) is 9.47 Å². The van der Waals surface area contributed by atoms with Crippen LogP contribution in [0.25, 0.3) is 0 Å². The van der Waals surface area contributed by atoms with Gasteiger partial charge >= 0.3 is 0 Å². The number of nitrogens with zero attached hydrogens (tertiary/aromatic N) is 1. The first kappa shape index (κ1) is 25.9. The lowest BCUT2D eigenvalue weighted by Gasteiger charge is -2.40.